The average molecular weight is 261 g/mol. The summed E-state index contributed by atoms with van der Waals surface area (Å²) in [5.41, 5.74) is 0.257. The van der Waals surface area contributed by atoms with E-state index in [-0.39, 0.29) is 22.8 Å². The molecule has 0 aliphatic carbocycles. The maximum absolute atomic E-state index is 11.2. The van der Waals surface area contributed by atoms with Crippen LogP contribution in [0.25, 0.3) is 0 Å². The first-order valence-electron chi connectivity index (χ1n) is 4.84. The molecule has 1 aromatic rings. The highest BCUT2D eigenvalue weighted by Gasteiger charge is 2.20. The van der Waals surface area contributed by atoms with Gasteiger partial charge in [-0.25, -0.2) is 4.79 Å². The molecule has 17 heavy (non-hydrogen) atoms. The SMILES string of the molecule is COC(=O)c1ccc(C(O)C(O)CCl)cc1O. The molecule has 2 unspecified atom stereocenters. The van der Waals surface area contributed by atoms with E-state index in [0.717, 1.165) is 0 Å². The number of aliphatic hydroxyl groups is 2. The summed E-state index contributed by atoms with van der Waals surface area (Å²) in [6.07, 6.45) is -2.36. The first-order chi connectivity index (χ1) is 8.01. The van der Waals surface area contributed by atoms with Gasteiger partial charge < -0.3 is 20.1 Å². The standard InChI is InChI=1S/C11H13ClO5/c1-17-11(16)7-3-2-6(4-8(7)13)10(15)9(14)5-12/h2-4,9-10,13-15H,5H2,1H3. The van der Waals surface area contributed by atoms with Crippen molar-refractivity contribution in [3.8, 4) is 5.75 Å². The second-order valence-corrected chi connectivity index (χ2v) is 3.74. The lowest BCUT2D eigenvalue weighted by Gasteiger charge is -2.16. The maximum Gasteiger partial charge on any atom is 0.341 e. The molecule has 94 valence electrons. The van der Waals surface area contributed by atoms with Crippen LogP contribution in [0.5, 0.6) is 5.75 Å². The van der Waals surface area contributed by atoms with Crippen LogP contribution >= 0.6 is 11.6 Å². The van der Waals surface area contributed by atoms with Gasteiger partial charge in [0.05, 0.1) is 19.1 Å². The van der Waals surface area contributed by atoms with Crippen LogP contribution in [0.1, 0.15) is 22.0 Å². The molecular formula is C11H13ClO5. The van der Waals surface area contributed by atoms with E-state index in [1.54, 1.807) is 0 Å². The van der Waals surface area contributed by atoms with Crippen LogP contribution in [0, 0.1) is 0 Å². The molecule has 0 fully saturated rings. The number of carbonyl (C=O) groups is 1. The van der Waals surface area contributed by atoms with Gasteiger partial charge in [-0.05, 0) is 17.7 Å². The van der Waals surface area contributed by atoms with Gasteiger partial charge in [-0.15, -0.1) is 11.6 Å². The Morgan fingerprint density at radius 2 is 2.12 bits per heavy atom. The van der Waals surface area contributed by atoms with E-state index in [1.807, 2.05) is 0 Å². The third-order valence-corrected chi connectivity index (χ3v) is 2.61. The van der Waals surface area contributed by atoms with Crippen molar-refractivity contribution in [3.63, 3.8) is 0 Å². The number of esters is 1. The third-order valence-electron chi connectivity index (χ3n) is 2.29. The van der Waals surface area contributed by atoms with Gasteiger partial charge >= 0.3 is 5.97 Å². The van der Waals surface area contributed by atoms with E-state index in [2.05, 4.69) is 4.74 Å². The van der Waals surface area contributed by atoms with Gasteiger partial charge in [-0.2, -0.15) is 0 Å². The molecule has 0 spiro atoms. The minimum absolute atomic E-state index is 0.0104. The van der Waals surface area contributed by atoms with Crippen LogP contribution in [0.4, 0.5) is 0 Å². The van der Waals surface area contributed by atoms with Crippen LogP contribution in [0.15, 0.2) is 18.2 Å². The van der Waals surface area contributed by atoms with Crippen molar-refractivity contribution in [1.29, 1.82) is 0 Å². The molecule has 0 aliphatic heterocycles. The summed E-state index contributed by atoms with van der Waals surface area (Å²) < 4.78 is 4.45. The quantitative estimate of drug-likeness (QED) is 0.551. The topological polar surface area (TPSA) is 87.0 Å². The monoisotopic (exact) mass is 260 g/mol. The van der Waals surface area contributed by atoms with Gasteiger partial charge in [0, 0.05) is 0 Å². The molecule has 0 radical (unpaired) electrons. The Hall–Kier alpha value is -1.30. The van der Waals surface area contributed by atoms with E-state index < -0.39 is 18.2 Å². The summed E-state index contributed by atoms with van der Waals surface area (Å²) in [5, 5.41) is 28.5. The highest BCUT2D eigenvalue weighted by molar-refractivity contribution is 6.18. The predicted molar refractivity (Wildman–Crippen MR) is 61.1 cm³/mol. The number of benzene rings is 1. The summed E-state index contributed by atoms with van der Waals surface area (Å²) in [7, 11) is 1.20. The molecule has 5 nitrogen and oxygen atoms in total. The normalized spacial score (nSPS) is 14.1. The Morgan fingerprint density at radius 1 is 1.47 bits per heavy atom. The van der Waals surface area contributed by atoms with Gasteiger partial charge in [0.2, 0.25) is 0 Å². The fourth-order valence-electron chi connectivity index (χ4n) is 1.32. The van der Waals surface area contributed by atoms with Gasteiger partial charge in [-0.3, -0.25) is 0 Å². The van der Waals surface area contributed by atoms with Crippen molar-refractivity contribution >= 4 is 17.6 Å². The van der Waals surface area contributed by atoms with Crippen LogP contribution in [0.3, 0.4) is 0 Å². The van der Waals surface area contributed by atoms with E-state index >= 15 is 0 Å². The van der Waals surface area contributed by atoms with Crippen molar-refractivity contribution in [1.82, 2.24) is 0 Å². The number of alkyl halides is 1. The minimum Gasteiger partial charge on any atom is -0.507 e. The number of rotatable bonds is 4. The zero-order valence-corrected chi connectivity index (χ0v) is 9.89. The second kappa shape index (κ2) is 5.86. The zero-order chi connectivity index (χ0) is 13.0. The van der Waals surface area contributed by atoms with Crippen molar-refractivity contribution < 1.29 is 24.9 Å². The zero-order valence-electron chi connectivity index (χ0n) is 9.13. The molecule has 6 heteroatoms. The highest BCUT2D eigenvalue weighted by Crippen LogP contribution is 2.25. The van der Waals surface area contributed by atoms with Gasteiger partial charge in [-0.1, -0.05) is 6.07 Å². The maximum atomic E-state index is 11.2. The van der Waals surface area contributed by atoms with Crippen molar-refractivity contribution in [3.05, 3.63) is 29.3 Å². The number of aliphatic hydroxyl groups excluding tert-OH is 2. The fraction of sp³-hybridized carbons (Fsp3) is 0.364. The Balaban J connectivity index is 3.00. The summed E-state index contributed by atoms with van der Waals surface area (Å²) in [6.45, 7) is 0. The Bertz CT molecular complexity index is 407. The van der Waals surface area contributed by atoms with Crippen LogP contribution < -0.4 is 0 Å². The van der Waals surface area contributed by atoms with Crippen LogP contribution in [0.2, 0.25) is 0 Å². The number of phenolic OH excluding ortho intramolecular Hbond substituents is 1. The molecular weight excluding hydrogens is 248 g/mol. The molecule has 0 saturated carbocycles. The van der Waals surface area contributed by atoms with Crippen LogP contribution in [-0.4, -0.2) is 40.4 Å². The summed E-state index contributed by atoms with van der Waals surface area (Å²) in [5.74, 6) is -1.14. The Kier molecular flexibility index (Phi) is 4.74. The van der Waals surface area contributed by atoms with E-state index in [0.29, 0.717) is 0 Å². The van der Waals surface area contributed by atoms with Crippen molar-refractivity contribution in [2.24, 2.45) is 0 Å². The number of ether oxygens (including phenoxy) is 1. The summed E-state index contributed by atoms with van der Waals surface area (Å²) >= 11 is 5.39. The number of methoxy groups -OCH3 is 1. The molecule has 3 N–H and O–H groups in total. The summed E-state index contributed by atoms with van der Waals surface area (Å²) in [6, 6.07) is 3.90. The van der Waals surface area contributed by atoms with Gasteiger partial charge in [0.15, 0.2) is 0 Å². The smallest absolute Gasteiger partial charge is 0.341 e. The number of phenols is 1. The second-order valence-electron chi connectivity index (χ2n) is 3.43. The van der Waals surface area contributed by atoms with E-state index in [4.69, 9.17) is 11.6 Å². The van der Waals surface area contributed by atoms with Crippen molar-refractivity contribution in [2.45, 2.75) is 12.2 Å². The Labute approximate surface area is 103 Å². The van der Waals surface area contributed by atoms with E-state index in [9.17, 15) is 20.1 Å². The molecule has 0 heterocycles. The lowest BCUT2D eigenvalue weighted by Crippen LogP contribution is -2.19. The number of carbonyl (C=O) groups excluding carboxylic acids is 1. The number of aromatic hydroxyl groups is 1. The number of halogens is 1. The highest BCUT2D eigenvalue weighted by atomic mass is 35.5. The molecule has 0 amide bonds. The van der Waals surface area contributed by atoms with Gasteiger partial charge in [0.25, 0.3) is 0 Å². The molecule has 0 bridgehead atoms. The molecule has 0 saturated heterocycles. The molecule has 1 aromatic carbocycles. The van der Waals surface area contributed by atoms with Crippen LogP contribution in [-0.2, 0) is 4.74 Å². The third kappa shape index (κ3) is 3.09. The predicted octanol–water partition coefficient (Wildman–Crippen LogP) is 0.812. The lowest BCUT2D eigenvalue weighted by molar-refractivity contribution is 0.0325. The first kappa shape index (κ1) is 13.8. The largest absolute Gasteiger partial charge is 0.507 e. The molecule has 2 atom stereocenters. The minimum atomic E-state index is -1.22. The first-order valence-corrected chi connectivity index (χ1v) is 5.38. The van der Waals surface area contributed by atoms with Gasteiger partial charge in [0.1, 0.15) is 17.4 Å². The average Bonchev–Trinajstić information content (AvgIpc) is 2.35. The molecule has 0 aromatic heterocycles. The Morgan fingerprint density at radius 3 is 2.59 bits per heavy atom. The lowest BCUT2D eigenvalue weighted by atomic mass is 10.0. The van der Waals surface area contributed by atoms with Crippen molar-refractivity contribution in [2.75, 3.05) is 13.0 Å². The number of hydrogen-bond donors (Lipinski definition) is 3. The van der Waals surface area contributed by atoms with E-state index in [1.165, 1.54) is 25.3 Å². The molecule has 0 aliphatic rings. The summed E-state index contributed by atoms with van der Waals surface area (Å²) in [4.78, 5) is 11.2. The number of hydrogen-bond acceptors (Lipinski definition) is 5. The fourth-order valence-corrected chi connectivity index (χ4v) is 1.49. The molecule has 1 rings (SSSR count).